The maximum absolute atomic E-state index is 10.4. The summed E-state index contributed by atoms with van der Waals surface area (Å²) >= 11 is 7.14. The molecule has 0 rings (SSSR count). The molecule has 0 aliphatic heterocycles. The molecule has 0 amide bonds. The first-order valence-corrected chi connectivity index (χ1v) is 15.5. The van der Waals surface area contributed by atoms with Crippen LogP contribution in [-0.2, 0) is 18.3 Å². The third-order valence-corrected chi connectivity index (χ3v) is 1.50. The summed E-state index contributed by atoms with van der Waals surface area (Å²) in [4.78, 5) is 0. The predicted molar refractivity (Wildman–Crippen MR) is 82.1 cm³/mol. The zero-order valence-corrected chi connectivity index (χ0v) is 16.1. The van der Waals surface area contributed by atoms with Gasteiger partial charge in [-0.3, -0.25) is 4.18 Å². The fourth-order valence-corrected chi connectivity index (χ4v) is 0.886. The van der Waals surface area contributed by atoms with Gasteiger partial charge in [0.05, 0.1) is 6.26 Å². The third kappa shape index (κ3) is 29.3. The van der Waals surface area contributed by atoms with Crippen LogP contribution in [0.2, 0.25) is 0 Å². The topological polar surface area (TPSA) is 43.4 Å². The molecule has 92 valence electrons. The van der Waals surface area contributed by atoms with Crippen molar-refractivity contribution in [3.05, 3.63) is 6.42 Å². The Morgan fingerprint density at radius 1 is 1.36 bits per heavy atom. The summed E-state index contributed by atoms with van der Waals surface area (Å²) in [5.74, 6) is 0. The summed E-state index contributed by atoms with van der Waals surface area (Å²) in [7, 11) is -3.22. The van der Waals surface area contributed by atoms with Gasteiger partial charge in [-0.15, -0.1) is 0 Å². The molecule has 0 heterocycles. The Bertz CT molecular complexity index is 206. The normalized spacial score (nSPS) is 11.6. The Kier molecular flexibility index (Phi) is 16.3. The second-order valence-corrected chi connectivity index (χ2v) is 30.2. The quantitative estimate of drug-likeness (QED) is 0.209. The molecular formula is C6H13CoI3O3S-. The molecule has 0 fully saturated rings. The van der Waals surface area contributed by atoms with E-state index in [1.54, 1.807) is 0 Å². The van der Waals surface area contributed by atoms with E-state index in [9.17, 15) is 8.42 Å². The minimum absolute atomic E-state index is 0.271. The van der Waals surface area contributed by atoms with Gasteiger partial charge in [-0.05, 0) is 0 Å². The number of hydrogen-bond acceptors (Lipinski definition) is 3. The summed E-state index contributed by atoms with van der Waals surface area (Å²) in [5, 5.41) is 0. The van der Waals surface area contributed by atoms with Crippen LogP contribution in [0.15, 0.2) is 0 Å². The SMILES string of the molecule is CC[CH-]CCOS(C)(=O)=O.[I][Co]([I])[I]. The molecule has 0 bridgehead atoms. The fraction of sp³-hybridized carbons (Fsp3) is 0.833. The van der Waals surface area contributed by atoms with Crippen molar-refractivity contribution in [3.63, 3.8) is 0 Å². The summed E-state index contributed by atoms with van der Waals surface area (Å²) in [6.07, 6.45) is 4.68. The van der Waals surface area contributed by atoms with Crippen molar-refractivity contribution < 1.29 is 16.6 Å². The Morgan fingerprint density at radius 2 is 1.79 bits per heavy atom. The first-order valence-electron chi connectivity index (χ1n) is 3.60. The van der Waals surface area contributed by atoms with Gasteiger partial charge in [0.15, 0.2) is 0 Å². The standard InChI is InChI=1S/C6H13O3S.Co.3HI/c1-3-4-5-6-9-10(2,7)8;;;;/h4H,3,5-6H2,1-2H3;;3*1H/q-1;+3;;;/p-3. The molecule has 0 radical (unpaired) electrons. The second-order valence-electron chi connectivity index (χ2n) is 2.15. The summed E-state index contributed by atoms with van der Waals surface area (Å²) in [5.41, 5.74) is 0. The molecule has 3 nitrogen and oxygen atoms in total. The van der Waals surface area contributed by atoms with Crippen LogP contribution in [0.1, 0.15) is 19.8 Å². The summed E-state index contributed by atoms with van der Waals surface area (Å²) < 4.78 is 25.5. The van der Waals surface area contributed by atoms with Gasteiger partial charge < -0.3 is 6.42 Å². The predicted octanol–water partition coefficient (Wildman–Crippen LogP) is 3.62. The monoisotopic (exact) mass is 605 g/mol. The van der Waals surface area contributed by atoms with Gasteiger partial charge in [-0.1, -0.05) is 6.92 Å². The Morgan fingerprint density at radius 3 is 2.07 bits per heavy atom. The molecule has 0 N–H and O–H groups in total. The van der Waals surface area contributed by atoms with Crippen molar-refractivity contribution in [2.24, 2.45) is 0 Å². The van der Waals surface area contributed by atoms with Crippen molar-refractivity contribution in [2.75, 3.05) is 12.9 Å². The van der Waals surface area contributed by atoms with Crippen molar-refractivity contribution in [3.8, 4) is 0 Å². The zero-order valence-electron chi connectivity index (χ0n) is 7.80. The number of hydrogen-bond donors (Lipinski definition) is 0. The fourth-order valence-electron chi connectivity index (χ4n) is 0.487. The van der Waals surface area contributed by atoms with E-state index in [0.29, 0.717) is 10.4 Å². The first kappa shape index (κ1) is 19.0. The van der Waals surface area contributed by atoms with Crippen LogP contribution in [0, 0.1) is 6.42 Å². The van der Waals surface area contributed by atoms with E-state index in [-0.39, 0.29) is 6.61 Å². The van der Waals surface area contributed by atoms with Gasteiger partial charge in [-0.25, -0.2) is 0 Å². The molecule has 0 spiro atoms. The van der Waals surface area contributed by atoms with Crippen LogP contribution in [0.25, 0.3) is 0 Å². The molecule has 0 aliphatic rings. The van der Waals surface area contributed by atoms with Gasteiger partial charge in [0, 0.05) is 6.61 Å². The van der Waals surface area contributed by atoms with Gasteiger partial charge in [-0.2, -0.15) is 21.3 Å². The zero-order chi connectivity index (χ0) is 11.6. The molecule has 0 aromatic carbocycles. The molecule has 0 saturated heterocycles. The van der Waals surface area contributed by atoms with E-state index in [0.717, 1.165) is 12.7 Å². The van der Waals surface area contributed by atoms with Gasteiger partial charge in [0.1, 0.15) is 0 Å². The van der Waals surface area contributed by atoms with E-state index in [2.05, 4.69) is 65.4 Å². The van der Waals surface area contributed by atoms with Crippen molar-refractivity contribution in [2.45, 2.75) is 19.8 Å². The van der Waals surface area contributed by atoms with Crippen molar-refractivity contribution >= 4 is 71.4 Å². The summed E-state index contributed by atoms with van der Waals surface area (Å²) in [6, 6.07) is 0. The van der Waals surface area contributed by atoms with E-state index < -0.39 is 10.1 Å². The number of unbranched alkanes of at least 4 members (excludes halogenated alkanes) is 2. The van der Waals surface area contributed by atoms with E-state index in [1.165, 1.54) is 0 Å². The van der Waals surface area contributed by atoms with Crippen LogP contribution in [-0.4, -0.2) is 21.3 Å². The number of halogens is 3. The van der Waals surface area contributed by atoms with Crippen LogP contribution >= 0.6 is 61.2 Å². The van der Waals surface area contributed by atoms with Crippen LogP contribution in [0.4, 0.5) is 0 Å². The molecule has 0 unspecified atom stereocenters. The van der Waals surface area contributed by atoms with Gasteiger partial charge >= 0.3 is 65.3 Å². The average molecular weight is 605 g/mol. The van der Waals surface area contributed by atoms with E-state index in [1.807, 2.05) is 13.3 Å². The van der Waals surface area contributed by atoms with Crippen molar-refractivity contribution in [1.29, 1.82) is 0 Å². The Hall–Kier alpha value is 2.61. The van der Waals surface area contributed by atoms with Crippen LogP contribution in [0.3, 0.4) is 0 Å². The molecule has 0 saturated carbocycles. The molecule has 8 heteroatoms. The first-order chi connectivity index (χ1) is 6.29. The van der Waals surface area contributed by atoms with Gasteiger partial charge in [0.25, 0.3) is 10.1 Å². The summed E-state index contributed by atoms with van der Waals surface area (Å²) in [6.45, 7) is 2.27. The number of rotatable bonds is 5. The second kappa shape index (κ2) is 12.1. The van der Waals surface area contributed by atoms with Gasteiger partial charge in [0.2, 0.25) is 0 Å². The van der Waals surface area contributed by atoms with Crippen LogP contribution < -0.4 is 0 Å². The van der Waals surface area contributed by atoms with E-state index >= 15 is 0 Å². The molecule has 0 atom stereocenters. The van der Waals surface area contributed by atoms with E-state index in [4.69, 9.17) is 0 Å². The third-order valence-electron chi connectivity index (χ3n) is 0.908. The molecular weight excluding hydrogens is 592 g/mol. The average Bonchev–Trinajstić information content (AvgIpc) is 1.95. The van der Waals surface area contributed by atoms with Crippen molar-refractivity contribution in [1.82, 2.24) is 0 Å². The molecule has 0 aliphatic carbocycles. The Balaban J connectivity index is 0. The molecule has 0 aromatic heterocycles. The minimum atomic E-state index is -3.22. The maximum atomic E-state index is 10.4. The molecule has 0 aromatic rings. The van der Waals surface area contributed by atoms with Crippen LogP contribution in [0.5, 0.6) is 0 Å². The molecule has 14 heavy (non-hydrogen) atoms. The Labute approximate surface area is 125 Å².